The Labute approximate surface area is 112 Å². The van der Waals surface area contributed by atoms with Gasteiger partial charge in [0, 0.05) is 30.1 Å². The summed E-state index contributed by atoms with van der Waals surface area (Å²) in [5.41, 5.74) is 6.33. The first kappa shape index (κ1) is 15.3. The molecule has 1 fully saturated rings. The summed E-state index contributed by atoms with van der Waals surface area (Å²) < 4.78 is 0.416. The molecular formula is C14H30N2S. The molecule has 1 atom stereocenters. The van der Waals surface area contributed by atoms with E-state index in [1.165, 1.54) is 31.8 Å². The molecule has 1 unspecified atom stereocenters. The Morgan fingerprint density at radius 3 is 2.47 bits per heavy atom. The van der Waals surface area contributed by atoms with Crippen molar-refractivity contribution in [3.63, 3.8) is 0 Å². The Kier molecular flexibility index (Phi) is 5.36. The highest BCUT2D eigenvalue weighted by molar-refractivity contribution is 8.00. The predicted octanol–water partition coefficient (Wildman–Crippen LogP) is 2.82. The molecule has 0 aliphatic carbocycles. The van der Waals surface area contributed by atoms with E-state index < -0.39 is 0 Å². The van der Waals surface area contributed by atoms with Crippen molar-refractivity contribution in [1.29, 1.82) is 0 Å². The van der Waals surface area contributed by atoms with Crippen molar-refractivity contribution in [1.82, 2.24) is 4.90 Å². The van der Waals surface area contributed by atoms with Crippen molar-refractivity contribution >= 4 is 11.8 Å². The summed E-state index contributed by atoms with van der Waals surface area (Å²) in [4.78, 5) is 2.61. The van der Waals surface area contributed by atoms with Gasteiger partial charge in [-0.05, 0) is 38.1 Å². The zero-order valence-electron chi connectivity index (χ0n) is 12.3. The quantitative estimate of drug-likeness (QED) is 0.841. The van der Waals surface area contributed by atoms with E-state index in [4.69, 9.17) is 5.73 Å². The van der Waals surface area contributed by atoms with E-state index in [1.807, 2.05) is 0 Å². The molecule has 2 nitrogen and oxygen atoms in total. The first-order valence-corrected chi connectivity index (χ1v) is 7.77. The molecule has 0 amide bonds. The number of rotatable bonds is 4. The van der Waals surface area contributed by atoms with E-state index in [9.17, 15) is 0 Å². The minimum absolute atomic E-state index is 0.393. The first-order valence-electron chi connectivity index (χ1n) is 6.78. The van der Waals surface area contributed by atoms with Gasteiger partial charge in [-0.15, -0.1) is 0 Å². The molecule has 0 bridgehead atoms. The van der Waals surface area contributed by atoms with Crippen LogP contribution in [-0.4, -0.2) is 41.6 Å². The molecule has 0 aromatic carbocycles. The Bertz CT molecular complexity index is 231. The number of thioether (sulfide) groups is 1. The molecule has 0 aromatic heterocycles. The largest absolute Gasteiger partial charge is 0.330 e. The van der Waals surface area contributed by atoms with Gasteiger partial charge in [-0.25, -0.2) is 0 Å². The fourth-order valence-electron chi connectivity index (χ4n) is 2.72. The number of hydrogen-bond acceptors (Lipinski definition) is 3. The summed E-state index contributed by atoms with van der Waals surface area (Å²) in [5, 5.41) is 0. The van der Waals surface area contributed by atoms with Crippen LogP contribution in [0.3, 0.4) is 0 Å². The second kappa shape index (κ2) is 5.94. The molecule has 0 saturated carbocycles. The van der Waals surface area contributed by atoms with Crippen molar-refractivity contribution in [2.75, 3.05) is 31.9 Å². The zero-order valence-corrected chi connectivity index (χ0v) is 13.1. The van der Waals surface area contributed by atoms with Crippen molar-refractivity contribution < 1.29 is 0 Å². The number of hydrogen-bond donors (Lipinski definition) is 1. The lowest BCUT2D eigenvalue weighted by Gasteiger charge is -2.39. The average Bonchev–Trinajstić information content (AvgIpc) is 2.13. The minimum atomic E-state index is 0.393. The van der Waals surface area contributed by atoms with Gasteiger partial charge in [-0.3, -0.25) is 0 Å². The topological polar surface area (TPSA) is 29.3 Å². The maximum absolute atomic E-state index is 5.93. The second-order valence-electron chi connectivity index (χ2n) is 7.21. The first-order chi connectivity index (χ1) is 7.72. The standard InChI is InChI=1S/C14H30N2S/c1-13(2,3)8-12(9-15)10-16-6-7-17-14(4,5)11-16/h12H,6-11,15H2,1-5H3. The van der Waals surface area contributed by atoms with E-state index in [2.05, 4.69) is 51.3 Å². The maximum Gasteiger partial charge on any atom is 0.0231 e. The van der Waals surface area contributed by atoms with E-state index in [-0.39, 0.29) is 0 Å². The van der Waals surface area contributed by atoms with E-state index in [0.717, 1.165) is 6.54 Å². The van der Waals surface area contributed by atoms with E-state index >= 15 is 0 Å². The summed E-state index contributed by atoms with van der Waals surface area (Å²) in [6, 6.07) is 0. The molecule has 2 N–H and O–H groups in total. The molecule has 1 aliphatic rings. The number of nitrogens with zero attached hydrogens (tertiary/aromatic N) is 1. The molecule has 17 heavy (non-hydrogen) atoms. The zero-order chi connectivity index (χ0) is 13.1. The molecule has 0 radical (unpaired) electrons. The van der Waals surface area contributed by atoms with Gasteiger partial charge in [-0.2, -0.15) is 11.8 Å². The predicted molar refractivity (Wildman–Crippen MR) is 79.6 cm³/mol. The molecule has 3 heteroatoms. The van der Waals surface area contributed by atoms with Crippen LogP contribution in [0.15, 0.2) is 0 Å². The molecule has 102 valence electrons. The highest BCUT2D eigenvalue weighted by Crippen LogP contribution is 2.31. The van der Waals surface area contributed by atoms with Gasteiger partial charge in [-0.1, -0.05) is 20.8 Å². The number of nitrogens with two attached hydrogens (primary N) is 1. The fraction of sp³-hybridized carbons (Fsp3) is 1.00. The van der Waals surface area contributed by atoms with Gasteiger partial charge >= 0.3 is 0 Å². The van der Waals surface area contributed by atoms with Gasteiger partial charge in [0.2, 0.25) is 0 Å². The van der Waals surface area contributed by atoms with E-state index in [0.29, 0.717) is 16.1 Å². The van der Waals surface area contributed by atoms with Crippen molar-refractivity contribution in [2.24, 2.45) is 17.1 Å². The normalized spacial score (nSPS) is 23.6. The summed E-state index contributed by atoms with van der Waals surface area (Å²) in [6.07, 6.45) is 1.23. The second-order valence-corrected chi connectivity index (χ2v) is 9.01. The van der Waals surface area contributed by atoms with Crippen LogP contribution < -0.4 is 5.73 Å². The third-order valence-electron chi connectivity index (χ3n) is 3.26. The average molecular weight is 258 g/mol. The lowest BCUT2D eigenvalue weighted by Crippen LogP contribution is -2.46. The lowest BCUT2D eigenvalue weighted by molar-refractivity contribution is 0.188. The molecule has 1 rings (SSSR count). The summed E-state index contributed by atoms with van der Waals surface area (Å²) in [5.74, 6) is 1.91. The van der Waals surface area contributed by atoms with Crippen LogP contribution in [0.4, 0.5) is 0 Å². The minimum Gasteiger partial charge on any atom is -0.330 e. The molecule has 0 aromatic rings. The van der Waals surface area contributed by atoms with Crippen LogP contribution in [0.2, 0.25) is 0 Å². The summed E-state index contributed by atoms with van der Waals surface area (Å²) in [7, 11) is 0. The molecule has 1 saturated heterocycles. The fourth-order valence-corrected chi connectivity index (χ4v) is 3.90. The van der Waals surface area contributed by atoms with Gasteiger partial charge in [0.25, 0.3) is 0 Å². The summed E-state index contributed by atoms with van der Waals surface area (Å²) >= 11 is 2.10. The third kappa shape index (κ3) is 6.12. The summed E-state index contributed by atoms with van der Waals surface area (Å²) in [6.45, 7) is 16.1. The van der Waals surface area contributed by atoms with Crippen LogP contribution in [-0.2, 0) is 0 Å². The molecular weight excluding hydrogens is 228 g/mol. The molecule has 1 aliphatic heterocycles. The van der Waals surface area contributed by atoms with Crippen LogP contribution in [0.5, 0.6) is 0 Å². The van der Waals surface area contributed by atoms with Gasteiger partial charge in [0.1, 0.15) is 0 Å². The Balaban J connectivity index is 2.45. The highest BCUT2D eigenvalue weighted by atomic mass is 32.2. The van der Waals surface area contributed by atoms with Gasteiger partial charge in [0.15, 0.2) is 0 Å². The van der Waals surface area contributed by atoms with Crippen molar-refractivity contribution in [3.05, 3.63) is 0 Å². The SMILES string of the molecule is CC(C)(C)CC(CN)CN1CCSC(C)(C)C1. The van der Waals surface area contributed by atoms with Crippen LogP contribution in [0.1, 0.15) is 41.0 Å². The van der Waals surface area contributed by atoms with Crippen molar-refractivity contribution in [2.45, 2.75) is 45.8 Å². The van der Waals surface area contributed by atoms with Crippen LogP contribution in [0.25, 0.3) is 0 Å². The molecule has 1 heterocycles. The van der Waals surface area contributed by atoms with E-state index in [1.54, 1.807) is 0 Å². The highest BCUT2D eigenvalue weighted by Gasteiger charge is 2.29. The van der Waals surface area contributed by atoms with Crippen LogP contribution in [0, 0.1) is 11.3 Å². The van der Waals surface area contributed by atoms with Crippen LogP contribution >= 0.6 is 11.8 Å². The van der Waals surface area contributed by atoms with Crippen molar-refractivity contribution in [3.8, 4) is 0 Å². The Morgan fingerprint density at radius 2 is 2.00 bits per heavy atom. The Hall–Kier alpha value is 0.270. The third-order valence-corrected chi connectivity index (χ3v) is 4.55. The van der Waals surface area contributed by atoms with Gasteiger partial charge < -0.3 is 10.6 Å². The lowest BCUT2D eigenvalue weighted by atomic mass is 9.84. The smallest absolute Gasteiger partial charge is 0.0231 e. The van der Waals surface area contributed by atoms with Gasteiger partial charge in [0.05, 0.1) is 0 Å². The molecule has 0 spiro atoms. The monoisotopic (exact) mass is 258 g/mol. The maximum atomic E-state index is 5.93. The Morgan fingerprint density at radius 1 is 1.35 bits per heavy atom.